The largest absolute Gasteiger partial charge is 0.373 e. The van der Waals surface area contributed by atoms with Crippen LogP contribution in [0.4, 0.5) is 0 Å². The fourth-order valence-corrected chi connectivity index (χ4v) is 3.18. The van der Waals surface area contributed by atoms with E-state index in [1.165, 1.54) is 25.7 Å². The number of aliphatic hydroxyl groups is 1. The fraction of sp³-hybridized carbons (Fsp3) is 0.579. The molecule has 21 heavy (non-hydrogen) atoms. The normalized spacial score (nSPS) is 22.7. The van der Waals surface area contributed by atoms with Crippen LogP contribution >= 0.6 is 0 Å². The topological polar surface area (TPSA) is 23.5 Å². The number of rotatable bonds is 3. The molecule has 1 unspecified atom stereocenters. The molecule has 1 aliphatic heterocycles. The Morgan fingerprint density at radius 3 is 2.33 bits per heavy atom. The number of hydrogen-bond donors (Lipinski definition) is 1. The predicted molar refractivity (Wildman–Crippen MR) is 85.7 cm³/mol. The molecule has 0 bridgehead atoms. The van der Waals surface area contributed by atoms with Crippen LogP contribution < -0.4 is 0 Å². The molecular formula is C19H25NO. The van der Waals surface area contributed by atoms with Crippen LogP contribution in [-0.2, 0) is 5.60 Å². The lowest BCUT2D eigenvalue weighted by Gasteiger charge is -2.23. The molecule has 1 aromatic rings. The van der Waals surface area contributed by atoms with Gasteiger partial charge in [-0.1, -0.05) is 55.0 Å². The van der Waals surface area contributed by atoms with E-state index in [-0.39, 0.29) is 0 Å². The van der Waals surface area contributed by atoms with Crippen molar-refractivity contribution in [1.29, 1.82) is 0 Å². The van der Waals surface area contributed by atoms with Crippen LogP contribution in [0.2, 0.25) is 0 Å². The third-order valence-electron chi connectivity index (χ3n) is 4.66. The SMILES string of the molecule is OC(C#CCN1CCCCCC1)(c1ccccc1)C1CC1. The maximum atomic E-state index is 11.0. The summed E-state index contributed by atoms with van der Waals surface area (Å²) in [6, 6.07) is 9.96. The number of likely N-dealkylation sites (tertiary alicyclic amines) is 1. The molecular weight excluding hydrogens is 258 g/mol. The highest BCUT2D eigenvalue weighted by molar-refractivity contribution is 5.34. The molecule has 3 rings (SSSR count). The minimum atomic E-state index is -0.937. The Morgan fingerprint density at radius 2 is 1.71 bits per heavy atom. The summed E-state index contributed by atoms with van der Waals surface area (Å²) in [6.07, 6.45) is 7.44. The molecule has 1 saturated heterocycles. The smallest absolute Gasteiger partial charge is 0.153 e. The van der Waals surface area contributed by atoms with E-state index in [9.17, 15) is 5.11 Å². The van der Waals surface area contributed by atoms with Gasteiger partial charge in [0.1, 0.15) is 0 Å². The van der Waals surface area contributed by atoms with Gasteiger partial charge in [0.15, 0.2) is 5.60 Å². The summed E-state index contributed by atoms with van der Waals surface area (Å²) in [7, 11) is 0. The summed E-state index contributed by atoms with van der Waals surface area (Å²) in [5, 5.41) is 11.0. The third kappa shape index (κ3) is 3.67. The van der Waals surface area contributed by atoms with Gasteiger partial charge in [-0.2, -0.15) is 0 Å². The monoisotopic (exact) mass is 283 g/mol. The molecule has 1 aromatic carbocycles. The number of nitrogens with zero attached hydrogens (tertiary/aromatic N) is 1. The lowest BCUT2D eigenvalue weighted by molar-refractivity contribution is 0.0755. The molecule has 1 heterocycles. The van der Waals surface area contributed by atoms with Gasteiger partial charge in [0.05, 0.1) is 6.54 Å². The Bertz CT molecular complexity index is 503. The predicted octanol–water partition coefficient (Wildman–Crippen LogP) is 3.16. The number of benzene rings is 1. The van der Waals surface area contributed by atoms with Gasteiger partial charge in [-0.15, -0.1) is 0 Å². The van der Waals surface area contributed by atoms with Gasteiger partial charge in [0.2, 0.25) is 0 Å². The van der Waals surface area contributed by atoms with Crippen LogP contribution in [0, 0.1) is 17.8 Å². The zero-order valence-electron chi connectivity index (χ0n) is 12.7. The van der Waals surface area contributed by atoms with Gasteiger partial charge in [0.25, 0.3) is 0 Å². The highest BCUT2D eigenvalue weighted by atomic mass is 16.3. The molecule has 2 nitrogen and oxygen atoms in total. The molecule has 0 amide bonds. The second-order valence-corrected chi connectivity index (χ2v) is 6.40. The first-order valence-electron chi connectivity index (χ1n) is 8.29. The van der Waals surface area contributed by atoms with E-state index in [2.05, 4.69) is 16.7 Å². The molecule has 2 aliphatic rings. The van der Waals surface area contributed by atoms with Gasteiger partial charge in [-0.25, -0.2) is 0 Å². The highest BCUT2D eigenvalue weighted by Gasteiger charge is 2.43. The zero-order chi connectivity index (χ0) is 14.5. The van der Waals surface area contributed by atoms with Crippen molar-refractivity contribution in [2.75, 3.05) is 19.6 Å². The number of hydrogen-bond acceptors (Lipinski definition) is 2. The van der Waals surface area contributed by atoms with E-state index in [0.717, 1.165) is 38.0 Å². The first-order chi connectivity index (χ1) is 10.3. The van der Waals surface area contributed by atoms with Crippen molar-refractivity contribution < 1.29 is 5.11 Å². The van der Waals surface area contributed by atoms with Crippen LogP contribution in [0.5, 0.6) is 0 Å². The van der Waals surface area contributed by atoms with Crippen molar-refractivity contribution in [3.8, 4) is 11.8 Å². The van der Waals surface area contributed by atoms with E-state index >= 15 is 0 Å². The Labute approximate surface area is 128 Å². The zero-order valence-corrected chi connectivity index (χ0v) is 12.7. The molecule has 1 N–H and O–H groups in total. The highest BCUT2D eigenvalue weighted by Crippen LogP contribution is 2.45. The average Bonchev–Trinajstić information content (AvgIpc) is 3.36. The van der Waals surface area contributed by atoms with Crippen molar-refractivity contribution in [3.63, 3.8) is 0 Å². The standard InChI is InChI=1S/C19H25NO/c21-19(18-11-12-18,17-9-4-3-5-10-17)13-8-16-20-14-6-1-2-7-15-20/h3-5,9-10,18,21H,1-2,6-7,11-12,14-16H2. The van der Waals surface area contributed by atoms with E-state index in [4.69, 9.17) is 0 Å². The van der Waals surface area contributed by atoms with E-state index < -0.39 is 5.60 Å². The maximum Gasteiger partial charge on any atom is 0.153 e. The average molecular weight is 283 g/mol. The molecule has 2 heteroatoms. The Balaban J connectivity index is 1.70. The quantitative estimate of drug-likeness (QED) is 0.861. The van der Waals surface area contributed by atoms with Gasteiger partial charge in [-0.05, 0) is 44.3 Å². The lowest BCUT2D eigenvalue weighted by Crippen LogP contribution is -2.28. The molecule has 1 saturated carbocycles. The van der Waals surface area contributed by atoms with Gasteiger partial charge in [-0.3, -0.25) is 4.90 Å². The molecule has 1 aliphatic carbocycles. The van der Waals surface area contributed by atoms with Crippen LogP contribution in [-0.4, -0.2) is 29.6 Å². The summed E-state index contributed by atoms with van der Waals surface area (Å²) in [4.78, 5) is 2.43. The maximum absolute atomic E-state index is 11.0. The molecule has 112 valence electrons. The summed E-state index contributed by atoms with van der Waals surface area (Å²) in [5.74, 6) is 6.79. The van der Waals surface area contributed by atoms with E-state index in [1.54, 1.807) is 0 Å². The van der Waals surface area contributed by atoms with Gasteiger partial charge >= 0.3 is 0 Å². The van der Waals surface area contributed by atoms with Crippen LogP contribution in [0.25, 0.3) is 0 Å². The van der Waals surface area contributed by atoms with Crippen molar-refractivity contribution in [2.24, 2.45) is 5.92 Å². The second-order valence-electron chi connectivity index (χ2n) is 6.40. The summed E-state index contributed by atoms with van der Waals surface area (Å²) in [5.41, 5.74) is 0.0171. The minimum absolute atomic E-state index is 0.316. The third-order valence-corrected chi connectivity index (χ3v) is 4.66. The molecule has 1 atom stereocenters. The van der Waals surface area contributed by atoms with Gasteiger partial charge in [0, 0.05) is 5.92 Å². The Kier molecular flexibility index (Phi) is 4.63. The second kappa shape index (κ2) is 6.64. The van der Waals surface area contributed by atoms with Crippen molar-refractivity contribution in [2.45, 2.75) is 44.1 Å². The molecule has 0 radical (unpaired) electrons. The van der Waals surface area contributed by atoms with Crippen molar-refractivity contribution in [3.05, 3.63) is 35.9 Å². The van der Waals surface area contributed by atoms with E-state index in [1.807, 2.05) is 30.3 Å². The molecule has 2 fully saturated rings. The van der Waals surface area contributed by atoms with Crippen molar-refractivity contribution in [1.82, 2.24) is 4.90 Å². The van der Waals surface area contributed by atoms with Crippen molar-refractivity contribution >= 4 is 0 Å². The minimum Gasteiger partial charge on any atom is -0.373 e. The van der Waals surface area contributed by atoms with Crippen LogP contribution in [0.3, 0.4) is 0 Å². The van der Waals surface area contributed by atoms with E-state index in [0.29, 0.717) is 5.92 Å². The summed E-state index contributed by atoms with van der Waals surface area (Å²) >= 11 is 0. The Morgan fingerprint density at radius 1 is 1.05 bits per heavy atom. The Hall–Kier alpha value is -1.30. The molecule has 0 aromatic heterocycles. The van der Waals surface area contributed by atoms with Crippen LogP contribution in [0.15, 0.2) is 30.3 Å². The molecule has 0 spiro atoms. The van der Waals surface area contributed by atoms with Gasteiger partial charge < -0.3 is 5.11 Å². The fourth-order valence-electron chi connectivity index (χ4n) is 3.18. The first-order valence-corrected chi connectivity index (χ1v) is 8.29. The first kappa shape index (κ1) is 14.6. The lowest BCUT2D eigenvalue weighted by atomic mass is 9.89. The summed E-state index contributed by atoms with van der Waals surface area (Å²) in [6.45, 7) is 3.10. The summed E-state index contributed by atoms with van der Waals surface area (Å²) < 4.78 is 0. The van der Waals surface area contributed by atoms with Crippen LogP contribution in [0.1, 0.15) is 44.1 Å².